The number of rotatable bonds is 1. The van der Waals surface area contributed by atoms with E-state index in [1.54, 1.807) is 12.1 Å². The molecule has 0 spiro atoms. The Hall–Kier alpha value is -1.05. The van der Waals surface area contributed by atoms with Crippen molar-refractivity contribution in [1.82, 2.24) is 0 Å². The Bertz CT molecular complexity index is 381. The van der Waals surface area contributed by atoms with E-state index in [2.05, 4.69) is 20.8 Å². The summed E-state index contributed by atoms with van der Waals surface area (Å²) in [5.74, 6) is 0.924. The van der Waals surface area contributed by atoms with Crippen LogP contribution in [0.15, 0.2) is 12.1 Å². The third-order valence-corrected chi connectivity index (χ3v) is 3.53. The third-order valence-electron chi connectivity index (χ3n) is 3.53. The van der Waals surface area contributed by atoms with Crippen molar-refractivity contribution < 1.29 is 9.50 Å². The number of halogens is 1. The lowest BCUT2D eigenvalue weighted by Gasteiger charge is -2.29. The van der Waals surface area contributed by atoms with Gasteiger partial charge in [0, 0.05) is 0 Å². The Kier molecular flexibility index (Phi) is 2.92. The number of phenolic OH excluding ortho intramolecular Hbond substituents is 1. The molecule has 2 unspecified atom stereocenters. The summed E-state index contributed by atoms with van der Waals surface area (Å²) in [7, 11) is 0. The van der Waals surface area contributed by atoms with Crippen LogP contribution in [0.25, 0.3) is 0 Å². The van der Waals surface area contributed by atoms with Gasteiger partial charge in [-0.1, -0.05) is 20.8 Å². The van der Waals surface area contributed by atoms with E-state index in [-0.39, 0.29) is 5.75 Å². The van der Waals surface area contributed by atoms with Gasteiger partial charge >= 0.3 is 0 Å². The highest BCUT2D eigenvalue weighted by Gasteiger charge is 2.28. The van der Waals surface area contributed by atoms with E-state index in [4.69, 9.17) is 0 Å². The van der Waals surface area contributed by atoms with Crippen LogP contribution in [-0.4, -0.2) is 5.11 Å². The lowest BCUT2D eigenvalue weighted by atomic mass is 9.78. The fourth-order valence-corrected chi connectivity index (χ4v) is 2.68. The third kappa shape index (κ3) is 1.81. The second-order valence-electron chi connectivity index (χ2n) is 5.14. The van der Waals surface area contributed by atoms with Gasteiger partial charge in [0.2, 0.25) is 0 Å². The Morgan fingerprint density at radius 2 is 2.00 bits per heavy atom. The van der Waals surface area contributed by atoms with Crippen LogP contribution in [0.4, 0.5) is 4.39 Å². The quantitative estimate of drug-likeness (QED) is 0.745. The first-order chi connectivity index (χ1) is 7.50. The van der Waals surface area contributed by atoms with E-state index in [1.807, 2.05) is 0 Å². The minimum atomic E-state index is -0.907. The Balaban J connectivity index is 2.63. The number of alkyl halides is 1. The van der Waals surface area contributed by atoms with Crippen LogP contribution in [0.5, 0.6) is 5.75 Å². The van der Waals surface area contributed by atoms with Crippen LogP contribution in [0, 0.1) is 0 Å². The molecular weight excluding hydrogens is 203 g/mol. The van der Waals surface area contributed by atoms with Crippen LogP contribution in [0.1, 0.15) is 68.3 Å². The number of fused-ring (bicyclic) bond motifs is 1. The minimum absolute atomic E-state index is 0.194. The maximum absolute atomic E-state index is 13.9. The predicted octanol–water partition coefficient (Wildman–Crippen LogP) is 4.42. The monoisotopic (exact) mass is 222 g/mol. The summed E-state index contributed by atoms with van der Waals surface area (Å²) in [6.07, 6.45) is 0.573. The van der Waals surface area contributed by atoms with Crippen molar-refractivity contribution >= 4 is 0 Å². The summed E-state index contributed by atoms with van der Waals surface area (Å²) in [6.45, 7) is 6.32. The highest BCUT2D eigenvalue weighted by molar-refractivity contribution is 5.47. The second-order valence-corrected chi connectivity index (χ2v) is 5.14. The normalized spacial score (nSPS) is 24.6. The Labute approximate surface area is 96.3 Å². The fourth-order valence-electron chi connectivity index (χ4n) is 2.68. The number of hydrogen-bond acceptors (Lipinski definition) is 1. The molecule has 2 atom stereocenters. The molecule has 1 nitrogen and oxygen atoms in total. The van der Waals surface area contributed by atoms with Gasteiger partial charge in [0.05, 0.1) is 0 Å². The molecule has 1 aliphatic rings. The molecule has 88 valence electrons. The van der Waals surface area contributed by atoms with E-state index in [1.165, 1.54) is 0 Å². The zero-order valence-corrected chi connectivity index (χ0v) is 10.1. The second kappa shape index (κ2) is 4.08. The van der Waals surface area contributed by atoms with Crippen molar-refractivity contribution in [1.29, 1.82) is 0 Å². The molecule has 0 amide bonds. The van der Waals surface area contributed by atoms with Crippen molar-refractivity contribution in [2.45, 2.75) is 51.6 Å². The summed E-state index contributed by atoms with van der Waals surface area (Å²) in [6, 6.07) is 3.39. The van der Waals surface area contributed by atoms with Crippen molar-refractivity contribution in [3.8, 4) is 5.75 Å². The van der Waals surface area contributed by atoms with E-state index in [0.29, 0.717) is 23.8 Å². The molecule has 16 heavy (non-hydrogen) atoms. The largest absolute Gasteiger partial charge is 0.508 e. The van der Waals surface area contributed by atoms with Gasteiger partial charge in [-0.05, 0) is 53.5 Å². The molecule has 0 saturated carbocycles. The summed E-state index contributed by atoms with van der Waals surface area (Å²) in [4.78, 5) is 0. The fraction of sp³-hybridized carbons (Fsp3) is 0.571. The summed E-state index contributed by atoms with van der Waals surface area (Å²) >= 11 is 0. The lowest BCUT2D eigenvalue weighted by molar-refractivity contribution is 0.288. The molecule has 0 bridgehead atoms. The van der Waals surface area contributed by atoms with Crippen LogP contribution >= 0.6 is 0 Å². The summed E-state index contributed by atoms with van der Waals surface area (Å²) in [5, 5.41) is 9.66. The molecule has 2 heteroatoms. The Morgan fingerprint density at radius 3 is 2.62 bits per heavy atom. The first-order valence-corrected chi connectivity index (χ1v) is 6.01. The molecule has 2 rings (SSSR count). The molecule has 0 radical (unpaired) electrons. The average Bonchev–Trinajstić information content (AvgIpc) is 2.22. The van der Waals surface area contributed by atoms with Crippen LogP contribution in [0.2, 0.25) is 0 Å². The van der Waals surface area contributed by atoms with Crippen molar-refractivity contribution in [3.63, 3.8) is 0 Å². The van der Waals surface area contributed by atoms with Gasteiger partial charge in [0.1, 0.15) is 11.9 Å². The molecule has 0 saturated heterocycles. The van der Waals surface area contributed by atoms with E-state index < -0.39 is 6.17 Å². The number of hydrogen-bond donors (Lipinski definition) is 1. The lowest BCUT2D eigenvalue weighted by Crippen LogP contribution is -2.13. The van der Waals surface area contributed by atoms with E-state index in [9.17, 15) is 9.50 Å². The van der Waals surface area contributed by atoms with Crippen molar-refractivity contribution in [2.24, 2.45) is 0 Å². The van der Waals surface area contributed by atoms with Gasteiger partial charge in [-0.25, -0.2) is 4.39 Å². The average molecular weight is 222 g/mol. The highest BCUT2D eigenvalue weighted by Crippen LogP contribution is 2.44. The van der Waals surface area contributed by atoms with Crippen LogP contribution in [-0.2, 0) is 0 Å². The molecular formula is C14H19FO. The van der Waals surface area contributed by atoms with Gasteiger partial charge in [-0.3, -0.25) is 0 Å². The number of phenols is 1. The van der Waals surface area contributed by atoms with Crippen LogP contribution in [0.3, 0.4) is 0 Å². The summed E-state index contributed by atoms with van der Waals surface area (Å²) in [5.41, 5.74) is 2.94. The standard InChI is InChI=1S/C14H19FO/c1-8(2)11-6-10(16)7-12-13(15)5-4-9(3)14(11)12/h6-9,13,16H,4-5H2,1-3H3. The maximum atomic E-state index is 13.9. The molecule has 1 aliphatic carbocycles. The summed E-state index contributed by atoms with van der Waals surface area (Å²) < 4.78 is 13.9. The highest BCUT2D eigenvalue weighted by atomic mass is 19.1. The first-order valence-electron chi connectivity index (χ1n) is 6.01. The molecule has 1 aromatic carbocycles. The number of benzene rings is 1. The minimum Gasteiger partial charge on any atom is -0.508 e. The smallest absolute Gasteiger partial charge is 0.126 e. The van der Waals surface area contributed by atoms with Crippen molar-refractivity contribution in [3.05, 3.63) is 28.8 Å². The SMILES string of the molecule is CC(C)c1cc(O)cc2c1C(C)CCC2F. The van der Waals surface area contributed by atoms with Gasteiger partial charge in [0.25, 0.3) is 0 Å². The predicted molar refractivity (Wildman–Crippen MR) is 63.7 cm³/mol. The van der Waals surface area contributed by atoms with Crippen LogP contribution < -0.4 is 0 Å². The van der Waals surface area contributed by atoms with E-state index in [0.717, 1.165) is 17.5 Å². The number of aromatic hydroxyl groups is 1. The zero-order chi connectivity index (χ0) is 11.9. The van der Waals surface area contributed by atoms with Crippen molar-refractivity contribution in [2.75, 3.05) is 0 Å². The molecule has 0 heterocycles. The molecule has 1 aromatic rings. The van der Waals surface area contributed by atoms with Gasteiger partial charge < -0.3 is 5.11 Å². The molecule has 0 aromatic heterocycles. The van der Waals surface area contributed by atoms with E-state index >= 15 is 0 Å². The first kappa shape index (κ1) is 11.4. The molecule has 1 N–H and O–H groups in total. The molecule has 0 fully saturated rings. The van der Waals surface area contributed by atoms with Gasteiger partial charge in [-0.2, -0.15) is 0 Å². The van der Waals surface area contributed by atoms with Gasteiger partial charge in [0.15, 0.2) is 0 Å². The topological polar surface area (TPSA) is 20.2 Å². The molecule has 0 aliphatic heterocycles. The van der Waals surface area contributed by atoms with Gasteiger partial charge in [-0.15, -0.1) is 0 Å². The maximum Gasteiger partial charge on any atom is 0.126 e. The Morgan fingerprint density at radius 1 is 1.31 bits per heavy atom. The zero-order valence-electron chi connectivity index (χ0n) is 10.1.